The molecule has 0 saturated carbocycles. The van der Waals surface area contributed by atoms with Crippen LogP contribution < -0.4 is 0 Å². The fourth-order valence-electron chi connectivity index (χ4n) is 3.70. The van der Waals surface area contributed by atoms with E-state index >= 15 is 0 Å². The van der Waals surface area contributed by atoms with E-state index in [0.717, 1.165) is 0 Å². The lowest BCUT2D eigenvalue weighted by Gasteiger charge is -2.12. The fraction of sp³-hybridized carbons (Fsp3) is 0.269. The van der Waals surface area contributed by atoms with E-state index in [1.807, 2.05) is 0 Å². The molecular weight excluding hydrogens is 505 g/mol. The number of aliphatic hydroxyl groups excluding tert-OH is 1. The largest absolute Gasteiger partial charge is 0.422 e. The van der Waals surface area contributed by atoms with Crippen molar-refractivity contribution in [1.29, 1.82) is 0 Å². The molecule has 12 heteroatoms. The van der Waals surface area contributed by atoms with Crippen molar-refractivity contribution in [3.8, 4) is 34.3 Å². The normalized spacial score (nSPS) is 12.4. The quantitative estimate of drug-likeness (QED) is 0.324. The van der Waals surface area contributed by atoms with Gasteiger partial charge < -0.3 is 19.1 Å². The van der Waals surface area contributed by atoms with Crippen molar-refractivity contribution in [1.82, 2.24) is 20.2 Å². The molecule has 0 saturated heterocycles. The van der Waals surface area contributed by atoms with Crippen LogP contribution in [0.4, 0.5) is 13.2 Å². The highest BCUT2D eigenvalue weighted by Crippen LogP contribution is 2.43. The van der Waals surface area contributed by atoms with Crippen molar-refractivity contribution < 1.29 is 36.9 Å². The van der Waals surface area contributed by atoms with Crippen LogP contribution in [0.5, 0.6) is 0 Å². The Labute approximate surface area is 214 Å². The highest BCUT2D eigenvalue weighted by molar-refractivity contribution is 5.85. The van der Waals surface area contributed by atoms with E-state index in [4.69, 9.17) is 9.05 Å². The van der Waals surface area contributed by atoms with Crippen molar-refractivity contribution >= 4 is 11.7 Å². The maximum absolute atomic E-state index is 13.9. The summed E-state index contributed by atoms with van der Waals surface area (Å²) in [6, 6.07) is 13.7. The standard InChI is InChI=1S/C26H23F3N4O5/c1-33(2)19(35)10-6-9-18(34)22(36)16-11-13-17(14-12-16)24-30-25(38-32-24)23-20(26(27,28)29)21(31-37-23)15-7-4-3-5-8-15/h3-5,7-8,11-14,22,36H,6,9-10H2,1-2H3. The lowest BCUT2D eigenvalue weighted by atomic mass is 10.0. The van der Waals surface area contributed by atoms with Crippen molar-refractivity contribution in [2.45, 2.75) is 31.5 Å². The number of hydrogen-bond donors (Lipinski definition) is 1. The van der Waals surface area contributed by atoms with Gasteiger partial charge in [-0.2, -0.15) is 18.2 Å². The number of benzene rings is 2. The van der Waals surface area contributed by atoms with Gasteiger partial charge in [-0.1, -0.05) is 64.9 Å². The Kier molecular flexibility index (Phi) is 7.72. The fourth-order valence-corrected chi connectivity index (χ4v) is 3.70. The molecule has 0 fully saturated rings. The van der Waals surface area contributed by atoms with Gasteiger partial charge in [0.25, 0.3) is 5.89 Å². The Morgan fingerprint density at radius 3 is 2.26 bits per heavy atom. The van der Waals surface area contributed by atoms with E-state index < -0.39 is 41.0 Å². The molecule has 0 radical (unpaired) electrons. The number of halogens is 3. The second-order valence-corrected chi connectivity index (χ2v) is 8.65. The molecule has 0 spiro atoms. The molecule has 1 atom stereocenters. The molecule has 9 nitrogen and oxygen atoms in total. The monoisotopic (exact) mass is 528 g/mol. The zero-order valence-corrected chi connectivity index (χ0v) is 20.4. The minimum Gasteiger partial charge on any atom is -0.381 e. The highest BCUT2D eigenvalue weighted by Gasteiger charge is 2.43. The van der Waals surface area contributed by atoms with Gasteiger partial charge >= 0.3 is 6.18 Å². The first-order valence-electron chi connectivity index (χ1n) is 11.5. The Hall–Kier alpha value is -4.32. The van der Waals surface area contributed by atoms with Crippen LogP contribution in [-0.4, -0.2) is 51.1 Å². The zero-order valence-electron chi connectivity index (χ0n) is 20.4. The number of nitrogens with zero attached hydrogens (tertiary/aromatic N) is 4. The van der Waals surface area contributed by atoms with E-state index in [9.17, 15) is 27.9 Å². The summed E-state index contributed by atoms with van der Waals surface area (Å²) < 4.78 is 51.8. The van der Waals surface area contributed by atoms with Gasteiger partial charge in [-0.15, -0.1) is 0 Å². The number of hydrogen-bond acceptors (Lipinski definition) is 8. The summed E-state index contributed by atoms with van der Waals surface area (Å²) in [5, 5.41) is 17.7. The van der Waals surface area contributed by atoms with Crippen LogP contribution in [0.3, 0.4) is 0 Å². The Balaban J connectivity index is 1.51. The van der Waals surface area contributed by atoms with Crippen LogP contribution in [-0.2, 0) is 15.8 Å². The summed E-state index contributed by atoms with van der Waals surface area (Å²) in [4.78, 5) is 29.4. The van der Waals surface area contributed by atoms with Gasteiger partial charge in [-0.05, 0) is 12.0 Å². The Morgan fingerprint density at radius 2 is 1.63 bits per heavy atom. The average Bonchev–Trinajstić information content (AvgIpc) is 3.56. The van der Waals surface area contributed by atoms with Crippen LogP contribution in [0.2, 0.25) is 0 Å². The van der Waals surface area contributed by atoms with E-state index in [0.29, 0.717) is 17.5 Å². The third kappa shape index (κ3) is 5.80. The number of alkyl halides is 3. The second kappa shape index (κ2) is 11.0. The molecule has 0 aliphatic carbocycles. The molecule has 4 aromatic rings. The first kappa shape index (κ1) is 26.7. The molecule has 38 heavy (non-hydrogen) atoms. The van der Waals surface area contributed by atoms with E-state index in [2.05, 4.69) is 15.3 Å². The number of rotatable bonds is 9. The maximum atomic E-state index is 13.9. The van der Waals surface area contributed by atoms with Crippen LogP contribution in [0, 0.1) is 0 Å². The number of carbonyl (C=O) groups excluding carboxylic acids is 2. The first-order valence-corrected chi connectivity index (χ1v) is 11.5. The zero-order chi connectivity index (χ0) is 27.4. The van der Waals surface area contributed by atoms with E-state index in [1.165, 1.54) is 41.3 Å². The number of carbonyl (C=O) groups is 2. The van der Waals surface area contributed by atoms with Crippen LogP contribution in [0.25, 0.3) is 34.3 Å². The number of aromatic nitrogens is 3. The molecule has 2 heterocycles. The second-order valence-electron chi connectivity index (χ2n) is 8.65. The van der Waals surface area contributed by atoms with Gasteiger partial charge in [-0.25, -0.2) is 0 Å². The minimum absolute atomic E-state index is 0.0275. The van der Waals surface area contributed by atoms with Crippen molar-refractivity contribution in [2.75, 3.05) is 14.1 Å². The van der Waals surface area contributed by atoms with E-state index in [1.54, 1.807) is 32.3 Å². The lowest BCUT2D eigenvalue weighted by Crippen LogP contribution is -2.21. The van der Waals surface area contributed by atoms with Crippen LogP contribution in [0.15, 0.2) is 63.6 Å². The molecule has 198 valence electrons. The molecule has 1 amide bonds. The molecule has 0 bridgehead atoms. The molecule has 4 rings (SSSR count). The molecule has 1 N–H and O–H groups in total. The molecule has 2 aromatic heterocycles. The summed E-state index contributed by atoms with van der Waals surface area (Å²) >= 11 is 0. The highest BCUT2D eigenvalue weighted by atomic mass is 19.4. The maximum Gasteiger partial charge on any atom is 0.422 e. The summed E-state index contributed by atoms with van der Waals surface area (Å²) in [6.45, 7) is 0. The number of amides is 1. The minimum atomic E-state index is -4.81. The smallest absolute Gasteiger partial charge is 0.381 e. The summed E-state index contributed by atoms with van der Waals surface area (Å²) in [5.41, 5.74) is -0.646. The molecule has 1 unspecified atom stereocenters. The van der Waals surface area contributed by atoms with Crippen LogP contribution >= 0.6 is 0 Å². The van der Waals surface area contributed by atoms with E-state index in [-0.39, 0.29) is 30.1 Å². The van der Waals surface area contributed by atoms with Crippen molar-refractivity contribution in [2.24, 2.45) is 0 Å². The summed E-state index contributed by atoms with van der Waals surface area (Å²) in [7, 11) is 3.24. The predicted octanol–water partition coefficient (Wildman–Crippen LogP) is 4.94. The molecule has 2 aromatic carbocycles. The van der Waals surface area contributed by atoms with Crippen molar-refractivity contribution in [3.63, 3.8) is 0 Å². The van der Waals surface area contributed by atoms with Gasteiger partial charge in [-0.3, -0.25) is 9.59 Å². The molecule has 0 aliphatic heterocycles. The predicted molar refractivity (Wildman–Crippen MR) is 128 cm³/mol. The Morgan fingerprint density at radius 1 is 0.947 bits per heavy atom. The van der Waals surface area contributed by atoms with Crippen molar-refractivity contribution in [3.05, 3.63) is 65.7 Å². The SMILES string of the molecule is CN(C)C(=O)CCCC(=O)C(O)c1ccc(-c2noc(-c3onc(-c4ccccc4)c3C(F)(F)F)n2)cc1. The van der Waals surface area contributed by atoms with Gasteiger partial charge in [0, 0.05) is 38.1 Å². The van der Waals surface area contributed by atoms with Gasteiger partial charge in [0.05, 0.1) is 0 Å². The van der Waals surface area contributed by atoms with Crippen LogP contribution in [0.1, 0.15) is 36.5 Å². The third-order valence-corrected chi connectivity index (χ3v) is 5.75. The molecular formula is C26H23F3N4O5. The van der Waals surface area contributed by atoms with Gasteiger partial charge in [0.15, 0.2) is 5.78 Å². The first-order chi connectivity index (χ1) is 18.1. The number of ketones is 1. The lowest BCUT2D eigenvalue weighted by molar-refractivity contribution is -0.137. The number of Topliss-reactive ketones (excluding diaryl/α,β-unsaturated/α-hetero) is 1. The summed E-state index contributed by atoms with van der Waals surface area (Å²) in [6.07, 6.45) is -5.66. The van der Waals surface area contributed by atoms with Gasteiger partial charge in [0.1, 0.15) is 17.4 Å². The number of aliphatic hydroxyl groups is 1. The average molecular weight is 528 g/mol. The summed E-state index contributed by atoms with van der Waals surface area (Å²) in [5.74, 6) is -1.79. The third-order valence-electron chi connectivity index (χ3n) is 5.75. The Bertz CT molecular complexity index is 1410. The topological polar surface area (TPSA) is 123 Å². The van der Waals surface area contributed by atoms with Gasteiger partial charge in [0.2, 0.25) is 17.5 Å². The molecule has 0 aliphatic rings.